The summed E-state index contributed by atoms with van der Waals surface area (Å²) in [6.07, 6.45) is -0.670. The Labute approximate surface area is 190 Å². The molecule has 0 spiro atoms. The van der Waals surface area contributed by atoms with Gasteiger partial charge >= 0.3 is 6.09 Å². The van der Waals surface area contributed by atoms with Gasteiger partial charge in [-0.3, -0.25) is 15.4 Å². The van der Waals surface area contributed by atoms with Crippen LogP contribution in [-0.4, -0.2) is 29.5 Å². The van der Waals surface area contributed by atoms with Crippen molar-refractivity contribution in [3.05, 3.63) is 98.1 Å². The van der Waals surface area contributed by atoms with E-state index in [0.29, 0.717) is 5.69 Å². The maximum absolute atomic E-state index is 12.2. The number of nitrogens with zero attached hydrogens (tertiary/aromatic N) is 2. The molecule has 0 aromatic heterocycles. The number of ether oxygens (including phenoxy) is 1. The van der Waals surface area contributed by atoms with Gasteiger partial charge in [0.2, 0.25) is 0 Å². The highest BCUT2D eigenvalue weighted by atomic mass is 35.5. The number of carbonyl (C=O) groups is 1. The molecule has 164 valence electrons. The van der Waals surface area contributed by atoms with Crippen molar-refractivity contribution < 1.29 is 14.5 Å². The van der Waals surface area contributed by atoms with Crippen LogP contribution in [0.5, 0.6) is 5.75 Å². The van der Waals surface area contributed by atoms with Crippen molar-refractivity contribution in [1.82, 2.24) is 4.90 Å². The summed E-state index contributed by atoms with van der Waals surface area (Å²) in [5, 5.41) is 14.1. The Kier molecular flexibility index (Phi) is 6.12. The number of fused-ring (bicyclic) bond motifs is 1. The third-order valence-corrected chi connectivity index (χ3v) is 5.81. The van der Waals surface area contributed by atoms with Crippen molar-refractivity contribution >= 4 is 29.1 Å². The zero-order valence-corrected chi connectivity index (χ0v) is 18.4. The van der Waals surface area contributed by atoms with Crippen LogP contribution in [0, 0.1) is 17.0 Å². The molecule has 1 heterocycles. The van der Waals surface area contributed by atoms with Gasteiger partial charge in [-0.05, 0) is 72.6 Å². The number of rotatable bonds is 4. The Bertz CT molecular complexity index is 1160. The van der Waals surface area contributed by atoms with Gasteiger partial charge in [0.15, 0.2) is 0 Å². The molecule has 32 heavy (non-hydrogen) atoms. The minimum Gasteiger partial charge on any atom is -0.410 e. The van der Waals surface area contributed by atoms with Crippen molar-refractivity contribution in [3.63, 3.8) is 0 Å². The number of hydrogen-bond donors (Lipinski definition) is 1. The highest BCUT2D eigenvalue weighted by molar-refractivity contribution is 6.30. The fourth-order valence-electron chi connectivity index (χ4n) is 4.04. The minimum absolute atomic E-state index is 0.0697. The van der Waals surface area contributed by atoms with E-state index in [1.54, 1.807) is 0 Å². The van der Waals surface area contributed by atoms with E-state index < -0.39 is 11.0 Å². The lowest BCUT2D eigenvalue weighted by Crippen LogP contribution is -2.31. The zero-order valence-electron chi connectivity index (χ0n) is 17.7. The lowest BCUT2D eigenvalue weighted by atomic mass is 9.83. The van der Waals surface area contributed by atoms with Crippen molar-refractivity contribution in [3.8, 4) is 5.75 Å². The highest BCUT2D eigenvalue weighted by Gasteiger charge is 2.26. The van der Waals surface area contributed by atoms with E-state index in [4.69, 9.17) is 16.3 Å². The van der Waals surface area contributed by atoms with Crippen LogP contribution in [0.3, 0.4) is 0 Å². The second kappa shape index (κ2) is 8.98. The van der Waals surface area contributed by atoms with Crippen LogP contribution in [0.15, 0.2) is 60.7 Å². The Balaban J connectivity index is 1.47. The summed E-state index contributed by atoms with van der Waals surface area (Å²) < 4.78 is 5.19. The monoisotopic (exact) mass is 451 g/mol. The van der Waals surface area contributed by atoms with Crippen LogP contribution < -0.4 is 10.1 Å². The summed E-state index contributed by atoms with van der Waals surface area (Å²) in [6, 6.07) is 17.0. The molecule has 1 N–H and O–H groups in total. The molecule has 3 aromatic rings. The number of nitro benzene ring substituents is 1. The van der Waals surface area contributed by atoms with Gasteiger partial charge in [0.25, 0.3) is 5.69 Å². The van der Waals surface area contributed by atoms with Gasteiger partial charge in [-0.25, -0.2) is 4.79 Å². The number of carbonyl (C=O) groups excluding carboxylic acids is 1. The maximum atomic E-state index is 12.2. The third-order valence-electron chi connectivity index (χ3n) is 5.59. The fraction of sp³-hybridized carbons (Fsp3) is 0.208. The highest BCUT2D eigenvalue weighted by Crippen LogP contribution is 2.36. The third kappa shape index (κ3) is 4.74. The summed E-state index contributed by atoms with van der Waals surface area (Å²) in [4.78, 5) is 24.7. The van der Waals surface area contributed by atoms with E-state index in [-0.39, 0.29) is 17.4 Å². The summed E-state index contributed by atoms with van der Waals surface area (Å²) in [7, 11) is 2.11. The molecule has 8 heteroatoms. The molecular formula is C24H22ClN3O4. The molecule has 0 fully saturated rings. The number of nitrogens with one attached hydrogen (secondary N) is 1. The number of benzene rings is 3. The first kappa shape index (κ1) is 21.8. The topological polar surface area (TPSA) is 84.7 Å². The first-order chi connectivity index (χ1) is 15.3. The minimum atomic E-state index is -0.670. The number of aryl methyl sites for hydroxylation is 1. The number of anilines is 1. The van der Waals surface area contributed by atoms with Crippen molar-refractivity contribution in [2.45, 2.75) is 19.4 Å². The summed E-state index contributed by atoms with van der Waals surface area (Å²) >= 11 is 6.34. The number of nitro groups is 1. The van der Waals surface area contributed by atoms with Crippen molar-refractivity contribution in [2.24, 2.45) is 0 Å². The van der Waals surface area contributed by atoms with Crippen molar-refractivity contribution in [2.75, 3.05) is 18.9 Å². The Hall–Kier alpha value is -3.42. The second-order valence-corrected chi connectivity index (χ2v) is 8.36. The normalized spacial score (nSPS) is 15.7. The van der Waals surface area contributed by atoms with Crippen LogP contribution in [0.1, 0.15) is 28.2 Å². The van der Waals surface area contributed by atoms with Crippen LogP contribution >= 0.6 is 11.6 Å². The number of amides is 1. The predicted octanol–water partition coefficient (Wildman–Crippen LogP) is 5.74. The fourth-order valence-corrected chi connectivity index (χ4v) is 4.32. The van der Waals surface area contributed by atoms with Crippen LogP contribution in [-0.2, 0) is 6.54 Å². The molecule has 1 aliphatic heterocycles. The van der Waals surface area contributed by atoms with Gasteiger partial charge in [-0.2, -0.15) is 0 Å². The van der Waals surface area contributed by atoms with Gasteiger partial charge in [-0.1, -0.05) is 23.7 Å². The van der Waals surface area contributed by atoms with Gasteiger partial charge in [0.05, 0.1) is 4.92 Å². The molecular weight excluding hydrogens is 430 g/mol. The van der Waals surface area contributed by atoms with Crippen molar-refractivity contribution in [1.29, 1.82) is 0 Å². The summed E-state index contributed by atoms with van der Waals surface area (Å²) in [6.45, 7) is 3.86. The van der Waals surface area contributed by atoms with E-state index in [2.05, 4.69) is 30.3 Å². The van der Waals surface area contributed by atoms with Crippen LogP contribution in [0.4, 0.5) is 16.2 Å². The van der Waals surface area contributed by atoms with E-state index >= 15 is 0 Å². The van der Waals surface area contributed by atoms with E-state index in [1.165, 1.54) is 41.0 Å². The Morgan fingerprint density at radius 3 is 2.50 bits per heavy atom. The molecule has 0 saturated heterocycles. The smallest absolute Gasteiger partial charge is 0.410 e. The molecule has 0 saturated carbocycles. The van der Waals surface area contributed by atoms with E-state index in [1.807, 2.05) is 30.3 Å². The Morgan fingerprint density at radius 2 is 1.84 bits per heavy atom. The number of likely N-dealkylation sites (N-methyl/N-ethyl adjacent to an activating group) is 1. The molecule has 1 atom stereocenters. The molecule has 4 rings (SSSR count). The number of non-ortho nitro benzene ring substituents is 1. The van der Waals surface area contributed by atoms with Crippen LogP contribution in [0.2, 0.25) is 5.02 Å². The molecule has 0 bridgehead atoms. The van der Waals surface area contributed by atoms with Gasteiger partial charge in [0, 0.05) is 41.9 Å². The zero-order chi connectivity index (χ0) is 22.8. The first-order valence-corrected chi connectivity index (χ1v) is 10.5. The molecule has 0 aliphatic carbocycles. The standard InChI is InChI=1S/C24H22ClN3O4/c1-15-11-17(25)12-21-22(15)13-27(2)14-23(21)16-3-5-18(6-4-16)26-24(29)32-20-9-7-19(8-10-20)28(30)31/h3-12,23H,13-14H2,1-2H3,(H,26,29). The molecule has 7 nitrogen and oxygen atoms in total. The molecule has 1 unspecified atom stereocenters. The van der Waals surface area contributed by atoms with Crippen LogP contribution in [0.25, 0.3) is 0 Å². The number of hydrogen-bond acceptors (Lipinski definition) is 5. The second-order valence-electron chi connectivity index (χ2n) is 7.93. The van der Waals surface area contributed by atoms with Gasteiger partial charge < -0.3 is 9.64 Å². The molecule has 0 radical (unpaired) electrons. The van der Waals surface area contributed by atoms with E-state index in [0.717, 1.165) is 23.7 Å². The summed E-state index contributed by atoms with van der Waals surface area (Å²) in [5.41, 5.74) is 5.39. The predicted molar refractivity (Wildman–Crippen MR) is 124 cm³/mol. The Morgan fingerprint density at radius 1 is 1.16 bits per heavy atom. The SMILES string of the molecule is Cc1cc(Cl)cc2c1CN(C)CC2c1ccc(NC(=O)Oc2ccc([N+](=O)[O-])cc2)cc1. The quantitative estimate of drug-likeness (QED) is 0.403. The molecule has 3 aromatic carbocycles. The van der Waals surface area contributed by atoms with E-state index in [9.17, 15) is 14.9 Å². The maximum Gasteiger partial charge on any atom is 0.417 e. The van der Waals surface area contributed by atoms with Gasteiger partial charge in [-0.15, -0.1) is 0 Å². The largest absolute Gasteiger partial charge is 0.417 e. The lowest BCUT2D eigenvalue weighted by molar-refractivity contribution is -0.384. The van der Waals surface area contributed by atoms with Gasteiger partial charge in [0.1, 0.15) is 5.75 Å². The lowest BCUT2D eigenvalue weighted by Gasteiger charge is -2.34. The first-order valence-electron chi connectivity index (χ1n) is 10.1. The molecule has 1 aliphatic rings. The number of halogens is 1. The average Bonchev–Trinajstić information content (AvgIpc) is 2.75. The molecule has 1 amide bonds. The summed E-state index contributed by atoms with van der Waals surface area (Å²) in [5.74, 6) is 0.404. The average molecular weight is 452 g/mol.